The van der Waals surface area contributed by atoms with Gasteiger partial charge in [-0.15, -0.1) is 0 Å². The maximum absolute atomic E-state index is 12.3. The predicted octanol–water partition coefficient (Wildman–Crippen LogP) is 4.76. The van der Waals surface area contributed by atoms with E-state index in [1.165, 1.54) is 11.1 Å². The van der Waals surface area contributed by atoms with Crippen LogP contribution < -0.4 is 0 Å². The van der Waals surface area contributed by atoms with E-state index in [0.29, 0.717) is 12.3 Å². The van der Waals surface area contributed by atoms with Crippen LogP contribution in [0.2, 0.25) is 5.02 Å². The summed E-state index contributed by atoms with van der Waals surface area (Å²) in [6, 6.07) is 18.9. The van der Waals surface area contributed by atoms with E-state index < -0.39 is 0 Å². The van der Waals surface area contributed by atoms with Gasteiger partial charge >= 0.3 is 0 Å². The summed E-state index contributed by atoms with van der Waals surface area (Å²) in [5.74, 6) is 0.300. The summed E-state index contributed by atoms with van der Waals surface area (Å²) in [7, 11) is 0. The number of amides is 1. The van der Waals surface area contributed by atoms with Gasteiger partial charge in [-0.1, -0.05) is 67.4 Å². The highest BCUT2D eigenvalue weighted by molar-refractivity contribution is 6.30. The molecule has 0 N–H and O–H groups in total. The van der Waals surface area contributed by atoms with Crippen LogP contribution in [-0.4, -0.2) is 41.9 Å². The second-order valence-electron chi connectivity index (χ2n) is 6.89. The predicted molar refractivity (Wildman–Crippen MR) is 107 cm³/mol. The fraction of sp³-hybridized carbons (Fsp3) is 0.409. The number of hydrogen-bond donors (Lipinski definition) is 0. The molecule has 4 heteroatoms. The molecule has 138 valence electrons. The number of nitrogens with zero attached hydrogens (tertiary/aromatic N) is 2. The zero-order valence-corrected chi connectivity index (χ0v) is 16.2. The fourth-order valence-corrected chi connectivity index (χ4v) is 3.74. The highest BCUT2D eigenvalue weighted by Crippen LogP contribution is 2.30. The first-order valence-electron chi connectivity index (χ1n) is 9.51. The van der Waals surface area contributed by atoms with Gasteiger partial charge in [-0.2, -0.15) is 0 Å². The van der Waals surface area contributed by atoms with Crippen molar-refractivity contribution in [2.24, 2.45) is 0 Å². The van der Waals surface area contributed by atoms with Gasteiger partial charge in [-0.3, -0.25) is 9.69 Å². The summed E-state index contributed by atoms with van der Waals surface area (Å²) in [5.41, 5.74) is 2.52. The molecule has 0 saturated carbocycles. The van der Waals surface area contributed by atoms with Gasteiger partial charge in [0.25, 0.3) is 0 Å². The third-order valence-corrected chi connectivity index (χ3v) is 5.33. The van der Waals surface area contributed by atoms with Crippen LogP contribution in [0.4, 0.5) is 0 Å². The molecule has 2 aromatic rings. The molecule has 2 aromatic carbocycles. The van der Waals surface area contributed by atoms with E-state index in [1.807, 2.05) is 23.1 Å². The molecular formula is C22H27ClN2O. The first kappa shape index (κ1) is 18.9. The second-order valence-corrected chi connectivity index (χ2v) is 7.32. The number of rotatable bonds is 6. The van der Waals surface area contributed by atoms with Crippen molar-refractivity contribution in [3.8, 4) is 0 Å². The topological polar surface area (TPSA) is 23.6 Å². The quantitative estimate of drug-likeness (QED) is 0.731. The van der Waals surface area contributed by atoms with E-state index in [0.717, 1.165) is 44.0 Å². The van der Waals surface area contributed by atoms with Crippen molar-refractivity contribution in [3.63, 3.8) is 0 Å². The molecule has 1 fully saturated rings. The molecule has 1 amide bonds. The molecule has 1 heterocycles. The highest BCUT2D eigenvalue weighted by Gasteiger charge is 2.27. The lowest BCUT2D eigenvalue weighted by atomic mass is 9.96. The second kappa shape index (κ2) is 9.20. The maximum Gasteiger partial charge on any atom is 0.222 e. The van der Waals surface area contributed by atoms with Crippen molar-refractivity contribution >= 4 is 17.5 Å². The van der Waals surface area contributed by atoms with Crippen LogP contribution in [0.5, 0.6) is 0 Å². The average molecular weight is 371 g/mol. The van der Waals surface area contributed by atoms with Crippen LogP contribution in [0, 0.1) is 0 Å². The fourth-order valence-electron chi connectivity index (χ4n) is 3.61. The molecule has 0 radical (unpaired) electrons. The number of benzene rings is 2. The molecule has 0 spiro atoms. The SMILES string of the molecule is CCCCC(=O)N1CCN(C(c2ccccc2)c2ccc(Cl)cc2)CC1. The van der Waals surface area contributed by atoms with Gasteiger partial charge in [0.05, 0.1) is 6.04 Å². The summed E-state index contributed by atoms with van der Waals surface area (Å²) in [5, 5.41) is 0.756. The molecule has 0 bridgehead atoms. The van der Waals surface area contributed by atoms with Crippen LogP contribution in [-0.2, 0) is 4.79 Å². The number of unbranched alkanes of at least 4 members (excludes halogenated alkanes) is 1. The van der Waals surface area contributed by atoms with E-state index in [9.17, 15) is 4.79 Å². The Morgan fingerprint density at radius 2 is 1.58 bits per heavy atom. The Labute approximate surface area is 161 Å². The third kappa shape index (κ3) is 4.66. The molecule has 1 atom stereocenters. The average Bonchev–Trinajstić information content (AvgIpc) is 2.69. The Hall–Kier alpha value is -1.84. The maximum atomic E-state index is 12.3. The Bertz CT molecular complexity index is 694. The third-order valence-electron chi connectivity index (χ3n) is 5.08. The molecule has 3 nitrogen and oxygen atoms in total. The van der Waals surface area contributed by atoms with Gasteiger partial charge in [0.1, 0.15) is 0 Å². The Morgan fingerprint density at radius 3 is 2.19 bits per heavy atom. The van der Waals surface area contributed by atoms with Gasteiger partial charge in [-0.05, 0) is 29.7 Å². The standard InChI is InChI=1S/C22H27ClN2O/c1-2-3-9-21(26)24-14-16-25(17-15-24)22(18-7-5-4-6-8-18)19-10-12-20(23)13-11-19/h4-8,10-13,22H,2-3,9,14-17H2,1H3. The van der Waals surface area contributed by atoms with Gasteiger partial charge in [0, 0.05) is 37.6 Å². The number of piperazine rings is 1. The van der Waals surface area contributed by atoms with Crippen molar-refractivity contribution in [2.75, 3.05) is 26.2 Å². The summed E-state index contributed by atoms with van der Waals surface area (Å²) in [4.78, 5) is 16.8. The van der Waals surface area contributed by atoms with E-state index in [-0.39, 0.29) is 6.04 Å². The number of hydrogen-bond acceptors (Lipinski definition) is 2. The Kier molecular flexibility index (Phi) is 6.70. The largest absolute Gasteiger partial charge is 0.340 e. The lowest BCUT2D eigenvalue weighted by molar-refractivity contribution is -0.133. The van der Waals surface area contributed by atoms with Crippen molar-refractivity contribution in [2.45, 2.75) is 32.2 Å². The molecule has 1 aliphatic rings. The minimum Gasteiger partial charge on any atom is -0.340 e. The summed E-state index contributed by atoms with van der Waals surface area (Å²) in [6.45, 7) is 5.51. The first-order chi connectivity index (χ1) is 12.7. The van der Waals surface area contributed by atoms with Gasteiger partial charge in [-0.25, -0.2) is 0 Å². The molecular weight excluding hydrogens is 344 g/mol. The van der Waals surface area contributed by atoms with Crippen LogP contribution in [0.15, 0.2) is 54.6 Å². The monoisotopic (exact) mass is 370 g/mol. The van der Waals surface area contributed by atoms with Gasteiger partial charge in [0.2, 0.25) is 5.91 Å². The molecule has 26 heavy (non-hydrogen) atoms. The van der Waals surface area contributed by atoms with E-state index in [1.54, 1.807) is 0 Å². The molecule has 0 aliphatic carbocycles. The minimum atomic E-state index is 0.196. The van der Waals surface area contributed by atoms with Gasteiger partial charge in [0.15, 0.2) is 0 Å². The summed E-state index contributed by atoms with van der Waals surface area (Å²) in [6.07, 6.45) is 2.73. The molecule has 1 unspecified atom stereocenters. The molecule has 1 saturated heterocycles. The summed E-state index contributed by atoms with van der Waals surface area (Å²) < 4.78 is 0. The number of carbonyl (C=O) groups is 1. The first-order valence-corrected chi connectivity index (χ1v) is 9.89. The lowest BCUT2D eigenvalue weighted by Crippen LogP contribution is -2.49. The van der Waals surface area contributed by atoms with Crippen molar-refractivity contribution < 1.29 is 4.79 Å². The summed E-state index contributed by atoms with van der Waals surface area (Å²) >= 11 is 6.09. The zero-order chi connectivity index (χ0) is 18.4. The van der Waals surface area contributed by atoms with Crippen LogP contribution in [0.3, 0.4) is 0 Å². The lowest BCUT2D eigenvalue weighted by Gasteiger charge is -2.40. The van der Waals surface area contributed by atoms with Crippen molar-refractivity contribution in [1.82, 2.24) is 9.80 Å². The van der Waals surface area contributed by atoms with E-state index >= 15 is 0 Å². The number of halogens is 1. The van der Waals surface area contributed by atoms with Crippen molar-refractivity contribution in [1.29, 1.82) is 0 Å². The van der Waals surface area contributed by atoms with E-state index in [2.05, 4.69) is 48.2 Å². The van der Waals surface area contributed by atoms with E-state index in [4.69, 9.17) is 11.6 Å². The molecule has 1 aliphatic heterocycles. The highest BCUT2D eigenvalue weighted by atomic mass is 35.5. The van der Waals surface area contributed by atoms with Crippen LogP contribution >= 0.6 is 11.6 Å². The molecule has 3 rings (SSSR count). The molecule has 0 aromatic heterocycles. The smallest absolute Gasteiger partial charge is 0.222 e. The van der Waals surface area contributed by atoms with Crippen LogP contribution in [0.25, 0.3) is 0 Å². The number of carbonyl (C=O) groups excluding carboxylic acids is 1. The van der Waals surface area contributed by atoms with Crippen molar-refractivity contribution in [3.05, 3.63) is 70.7 Å². The van der Waals surface area contributed by atoms with Gasteiger partial charge < -0.3 is 4.90 Å². The normalized spacial score (nSPS) is 16.5. The zero-order valence-electron chi connectivity index (χ0n) is 15.4. The Balaban J connectivity index is 1.75. The Morgan fingerprint density at radius 1 is 0.962 bits per heavy atom. The minimum absolute atomic E-state index is 0.196. The van der Waals surface area contributed by atoms with Crippen LogP contribution in [0.1, 0.15) is 43.4 Å².